The molecule has 0 bridgehead atoms. The molecule has 3 aromatic heterocycles. The third-order valence-electron chi connectivity index (χ3n) is 9.35. The molecule has 1 aliphatic heterocycles. The van der Waals surface area contributed by atoms with E-state index >= 15 is 0 Å². The van der Waals surface area contributed by atoms with Crippen molar-refractivity contribution in [1.82, 2.24) is 10.3 Å². The van der Waals surface area contributed by atoms with E-state index in [2.05, 4.69) is 113 Å². The van der Waals surface area contributed by atoms with Crippen molar-refractivity contribution in [2.45, 2.75) is 6.54 Å². The Morgan fingerprint density at radius 3 is 2.26 bits per heavy atom. The Morgan fingerprint density at radius 2 is 1.32 bits per heavy atom. The summed E-state index contributed by atoms with van der Waals surface area (Å²) in [6.45, 7) is 0.730. The summed E-state index contributed by atoms with van der Waals surface area (Å²) in [7, 11) is 0. The highest BCUT2D eigenvalue weighted by atomic mass is 16.3. The minimum Gasteiger partial charge on any atom is -0.456 e. The van der Waals surface area contributed by atoms with Crippen LogP contribution in [0.15, 0.2) is 149 Å². The van der Waals surface area contributed by atoms with E-state index in [1.807, 2.05) is 42.7 Å². The summed E-state index contributed by atoms with van der Waals surface area (Å²) in [6, 6.07) is 45.0. The number of fused-ring (bicyclic) bond motifs is 9. The second-order valence-electron chi connectivity index (χ2n) is 12.0. The Morgan fingerprint density at radius 1 is 0.574 bits per heavy atom. The van der Waals surface area contributed by atoms with Gasteiger partial charge in [-0.05, 0) is 82.2 Å². The molecule has 0 spiro atoms. The van der Waals surface area contributed by atoms with E-state index in [1.54, 1.807) is 0 Å². The number of hydrogen-bond donors (Lipinski definition) is 1. The van der Waals surface area contributed by atoms with Crippen LogP contribution in [0, 0.1) is 0 Å². The van der Waals surface area contributed by atoms with E-state index < -0.39 is 0 Å². The van der Waals surface area contributed by atoms with E-state index in [1.165, 1.54) is 27.1 Å². The summed E-state index contributed by atoms with van der Waals surface area (Å²) in [5.74, 6) is 0.910. The third kappa shape index (κ3) is 4.07. The highest BCUT2D eigenvalue weighted by molar-refractivity contribution is 6.12. The van der Waals surface area contributed by atoms with Crippen molar-refractivity contribution in [2.24, 2.45) is 0 Å². The van der Waals surface area contributed by atoms with Crippen molar-refractivity contribution in [3.63, 3.8) is 0 Å². The van der Waals surface area contributed by atoms with Crippen molar-refractivity contribution in [1.29, 1.82) is 0 Å². The van der Waals surface area contributed by atoms with Gasteiger partial charge in [0.05, 0.1) is 11.1 Å². The monoisotopic (exact) mass is 605 g/mol. The topological polar surface area (TPSA) is 54.4 Å². The van der Waals surface area contributed by atoms with Gasteiger partial charge in [0.1, 0.15) is 22.5 Å². The fraction of sp³-hybridized carbons (Fsp3) is 0.0238. The first-order valence-corrected chi connectivity index (χ1v) is 15.8. The van der Waals surface area contributed by atoms with Crippen LogP contribution in [0.5, 0.6) is 0 Å². The molecule has 0 fully saturated rings. The first kappa shape index (κ1) is 25.9. The van der Waals surface area contributed by atoms with Gasteiger partial charge in [-0.25, -0.2) is 0 Å². The van der Waals surface area contributed by atoms with Crippen molar-refractivity contribution >= 4 is 77.6 Å². The van der Waals surface area contributed by atoms with Crippen LogP contribution in [0.25, 0.3) is 71.8 Å². The van der Waals surface area contributed by atoms with Crippen LogP contribution in [0.2, 0.25) is 0 Å². The van der Waals surface area contributed by atoms with Gasteiger partial charge in [0, 0.05) is 57.9 Å². The highest BCUT2D eigenvalue weighted by Gasteiger charge is 2.20. The molecule has 4 heterocycles. The molecule has 1 aliphatic rings. The zero-order valence-corrected chi connectivity index (χ0v) is 25.3. The average molecular weight is 606 g/mol. The molecule has 0 aliphatic carbocycles. The number of hydrogen-bond acceptors (Lipinski definition) is 5. The first-order valence-electron chi connectivity index (χ1n) is 15.8. The Hall–Kier alpha value is -6.33. The summed E-state index contributed by atoms with van der Waals surface area (Å²) in [6.07, 6.45) is 5.78. The maximum Gasteiger partial charge on any atom is 0.139 e. The van der Waals surface area contributed by atoms with Crippen molar-refractivity contribution in [3.05, 3.63) is 151 Å². The predicted molar refractivity (Wildman–Crippen MR) is 192 cm³/mol. The standard InChI is InChI=1S/C42H27N3O2/c1-2-9-32-26(6-1)12-13-27-14-15-30(23-34(27)32)45(31-16-17-38-35(24-31)36-25-43-20-18-39(36)46-38)29-8-5-7-28(22-29)42-41-33-10-3-4-11-37(33)47-40(41)19-21-44-42/h1-24,43H,25H2. The summed E-state index contributed by atoms with van der Waals surface area (Å²) < 4.78 is 12.4. The molecule has 47 heavy (non-hydrogen) atoms. The maximum atomic E-state index is 6.23. The van der Waals surface area contributed by atoms with Crippen LogP contribution in [0.1, 0.15) is 11.3 Å². The highest BCUT2D eigenvalue weighted by Crippen LogP contribution is 2.42. The number of pyridine rings is 1. The summed E-state index contributed by atoms with van der Waals surface area (Å²) in [5.41, 5.74) is 8.81. The molecule has 5 nitrogen and oxygen atoms in total. The second kappa shape index (κ2) is 10.1. The van der Waals surface area contributed by atoms with Gasteiger partial charge in [-0.3, -0.25) is 4.98 Å². The third-order valence-corrected chi connectivity index (χ3v) is 9.35. The molecule has 0 atom stereocenters. The maximum absolute atomic E-state index is 6.23. The summed E-state index contributed by atoms with van der Waals surface area (Å²) in [4.78, 5) is 7.23. The lowest BCUT2D eigenvalue weighted by Gasteiger charge is -2.26. The first-order chi connectivity index (χ1) is 23.3. The lowest BCUT2D eigenvalue weighted by Crippen LogP contribution is -2.11. The van der Waals surface area contributed by atoms with Gasteiger partial charge in [-0.1, -0.05) is 72.8 Å². The largest absolute Gasteiger partial charge is 0.456 e. The molecular weight excluding hydrogens is 578 g/mol. The number of furan rings is 2. The van der Waals surface area contributed by atoms with Gasteiger partial charge in [0.15, 0.2) is 0 Å². The van der Waals surface area contributed by atoms with Crippen molar-refractivity contribution in [3.8, 4) is 11.3 Å². The van der Waals surface area contributed by atoms with Gasteiger partial charge in [0.25, 0.3) is 0 Å². The van der Waals surface area contributed by atoms with E-state index in [-0.39, 0.29) is 0 Å². The van der Waals surface area contributed by atoms with Crippen LogP contribution in [0.3, 0.4) is 0 Å². The fourth-order valence-corrected chi connectivity index (χ4v) is 7.16. The van der Waals surface area contributed by atoms with E-state index in [4.69, 9.17) is 13.8 Å². The molecule has 6 aromatic carbocycles. The van der Waals surface area contributed by atoms with Crippen LogP contribution in [-0.4, -0.2) is 4.98 Å². The van der Waals surface area contributed by atoms with Crippen LogP contribution < -0.4 is 10.2 Å². The molecule has 10 rings (SSSR count). The van der Waals surface area contributed by atoms with Crippen LogP contribution in [-0.2, 0) is 6.54 Å². The van der Waals surface area contributed by atoms with Gasteiger partial charge in [-0.15, -0.1) is 0 Å². The summed E-state index contributed by atoms with van der Waals surface area (Å²) >= 11 is 0. The van der Waals surface area contributed by atoms with Gasteiger partial charge >= 0.3 is 0 Å². The molecule has 5 heteroatoms. The van der Waals surface area contributed by atoms with Crippen molar-refractivity contribution < 1.29 is 8.83 Å². The number of nitrogens with zero attached hydrogens (tertiary/aromatic N) is 2. The van der Waals surface area contributed by atoms with Gasteiger partial charge < -0.3 is 19.1 Å². The number of aromatic nitrogens is 1. The minimum absolute atomic E-state index is 0.730. The lowest BCUT2D eigenvalue weighted by atomic mass is 10.0. The minimum atomic E-state index is 0.730. The van der Waals surface area contributed by atoms with Crippen molar-refractivity contribution in [2.75, 3.05) is 4.90 Å². The van der Waals surface area contributed by atoms with Crippen LogP contribution >= 0.6 is 0 Å². The Kier molecular flexibility index (Phi) is 5.57. The van der Waals surface area contributed by atoms with Gasteiger partial charge in [0.2, 0.25) is 0 Å². The predicted octanol–water partition coefficient (Wildman–Crippen LogP) is 11.2. The normalized spacial score (nSPS) is 12.7. The zero-order valence-electron chi connectivity index (χ0n) is 25.3. The Labute approximate surface area is 270 Å². The smallest absolute Gasteiger partial charge is 0.139 e. The molecular formula is C42H27N3O2. The number of anilines is 3. The molecule has 0 unspecified atom stereocenters. The SMILES string of the molecule is C1=Cc2oc3ccc(N(c4cccc(-c5nccc6oc7ccccc7c56)c4)c4ccc5ccc6ccccc6c5c4)cc3c2CN1. The molecule has 9 aromatic rings. The van der Waals surface area contributed by atoms with E-state index in [9.17, 15) is 0 Å². The molecule has 0 saturated heterocycles. The molecule has 1 N–H and O–H groups in total. The molecule has 0 saturated carbocycles. The zero-order chi connectivity index (χ0) is 30.9. The number of para-hydroxylation sites is 1. The van der Waals surface area contributed by atoms with E-state index in [0.29, 0.717) is 0 Å². The Bertz CT molecular complexity index is 2720. The second-order valence-corrected chi connectivity index (χ2v) is 12.0. The number of nitrogens with one attached hydrogen (secondary N) is 1. The quantitative estimate of drug-likeness (QED) is 0.202. The number of benzene rings is 6. The van der Waals surface area contributed by atoms with Gasteiger partial charge in [-0.2, -0.15) is 0 Å². The number of rotatable bonds is 4. The van der Waals surface area contributed by atoms with E-state index in [0.717, 1.165) is 73.5 Å². The average Bonchev–Trinajstić information content (AvgIpc) is 3.70. The molecule has 0 radical (unpaired) electrons. The summed E-state index contributed by atoms with van der Waals surface area (Å²) in [5, 5.41) is 11.4. The molecule has 222 valence electrons. The fourth-order valence-electron chi connectivity index (χ4n) is 7.16. The Balaban J connectivity index is 1.21. The molecule has 0 amide bonds. The lowest BCUT2D eigenvalue weighted by molar-refractivity contribution is 0.592. The van der Waals surface area contributed by atoms with Crippen LogP contribution in [0.4, 0.5) is 17.1 Å².